The van der Waals surface area contributed by atoms with Crippen LogP contribution in [0.3, 0.4) is 0 Å². The van der Waals surface area contributed by atoms with Gasteiger partial charge in [0.1, 0.15) is 0 Å². The van der Waals surface area contributed by atoms with Gasteiger partial charge >= 0.3 is 48.1 Å². The molecule has 176 valence electrons. The summed E-state index contributed by atoms with van der Waals surface area (Å²) in [6.07, 6.45) is -42.8. The first-order valence-electron chi connectivity index (χ1n) is 5.81. The fourth-order valence-electron chi connectivity index (χ4n) is 1.98. The minimum atomic E-state index is -9.64. The average molecular weight is 486 g/mol. The third-order valence-corrected chi connectivity index (χ3v) is 3.32. The normalized spacial score (nSPS) is 17.0. The predicted molar refractivity (Wildman–Crippen MR) is 47.8 cm³/mol. The van der Waals surface area contributed by atoms with E-state index in [1.165, 1.54) is 0 Å². The van der Waals surface area contributed by atoms with Crippen molar-refractivity contribution in [1.29, 1.82) is 0 Å². The number of alkyl halides is 19. The topological polar surface area (TPSA) is 20.2 Å². The molecule has 0 saturated heterocycles. The molecule has 0 unspecified atom stereocenters. The summed E-state index contributed by atoms with van der Waals surface area (Å²) in [5, 5.41) is 7.54. The lowest BCUT2D eigenvalue weighted by Gasteiger charge is -2.51. The van der Waals surface area contributed by atoms with E-state index in [-0.39, 0.29) is 0 Å². The largest absolute Gasteiger partial charge is 0.435 e. The average Bonchev–Trinajstić information content (AvgIpc) is 2.37. The lowest BCUT2D eigenvalue weighted by atomic mass is 9.67. The minimum absolute atomic E-state index is 7.54. The van der Waals surface area contributed by atoms with E-state index >= 15 is 0 Å². The van der Waals surface area contributed by atoms with E-state index in [4.69, 9.17) is 5.11 Å². The molecular formula is C9HF19O. The van der Waals surface area contributed by atoms with Gasteiger partial charge in [-0.05, 0) is 0 Å². The Bertz CT molecular complexity index is 530. The van der Waals surface area contributed by atoms with Crippen molar-refractivity contribution in [1.82, 2.24) is 0 Å². The molecule has 0 atom stereocenters. The monoisotopic (exact) mass is 486 g/mol. The van der Waals surface area contributed by atoms with Gasteiger partial charge in [-0.2, -0.15) is 70.2 Å². The van der Waals surface area contributed by atoms with Crippen molar-refractivity contribution < 1.29 is 88.5 Å². The van der Waals surface area contributed by atoms with Crippen LogP contribution in [0.5, 0.6) is 0 Å². The lowest BCUT2D eigenvalue weighted by Crippen LogP contribution is -2.86. The van der Waals surface area contributed by atoms with Gasteiger partial charge in [0.15, 0.2) is 0 Å². The maximum Gasteiger partial charge on any atom is 0.435 e. The first-order valence-corrected chi connectivity index (χ1v) is 5.81. The van der Waals surface area contributed by atoms with Crippen LogP contribution in [0.15, 0.2) is 0 Å². The highest BCUT2D eigenvalue weighted by molar-refractivity contribution is 5.29. The van der Waals surface area contributed by atoms with E-state index in [1.54, 1.807) is 0 Å². The minimum Gasteiger partial charge on any atom is -0.331 e. The van der Waals surface area contributed by atoms with Crippen LogP contribution in [-0.4, -0.2) is 58.8 Å². The van der Waals surface area contributed by atoms with Crippen LogP contribution in [0.1, 0.15) is 0 Å². The third kappa shape index (κ3) is 3.24. The van der Waals surface area contributed by atoms with Crippen LogP contribution >= 0.6 is 0 Å². The fraction of sp³-hybridized carbons (Fsp3) is 1.00. The highest BCUT2D eigenvalue weighted by Gasteiger charge is 3.04. The number of aliphatic hydroxyl groups is 1. The van der Waals surface area contributed by atoms with Gasteiger partial charge in [-0.15, -0.1) is 0 Å². The molecule has 0 fully saturated rings. The quantitative estimate of drug-likeness (QED) is 0.515. The zero-order valence-electron chi connectivity index (χ0n) is 12.1. The maximum atomic E-state index is 14.1. The Morgan fingerprint density at radius 1 is 0.310 bits per heavy atom. The molecule has 0 aliphatic rings. The molecule has 0 saturated carbocycles. The summed E-state index contributed by atoms with van der Waals surface area (Å²) in [7, 11) is 0. The SMILES string of the molecule is OC(F)(F)C(F)(F)C(F)(C(F)(C(F)(F)F)C(F)(F)F)C(F)(C(F)(F)F)C(F)(F)F. The number of halogens is 19. The van der Waals surface area contributed by atoms with Crippen LogP contribution in [-0.2, 0) is 0 Å². The Kier molecular flexibility index (Phi) is 6.02. The molecule has 0 spiro atoms. The van der Waals surface area contributed by atoms with E-state index in [1.807, 2.05) is 0 Å². The Balaban J connectivity index is 8.14. The van der Waals surface area contributed by atoms with Gasteiger partial charge in [-0.1, -0.05) is 0 Å². The molecule has 0 aromatic carbocycles. The molecule has 1 nitrogen and oxygen atoms in total. The van der Waals surface area contributed by atoms with Crippen molar-refractivity contribution >= 4 is 0 Å². The van der Waals surface area contributed by atoms with E-state index in [2.05, 4.69) is 0 Å². The van der Waals surface area contributed by atoms with Crippen LogP contribution < -0.4 is 0 Å². The number of hydrogen-bond donors (Lipinski definition) is 1. The first kappa shape index (κ1) is 27.6. The second kappa shape index (κ2) is 6.32. The van der Waals surface area contributed by atoms with Crippen molar-refractivity contribution in [2.45, 2.75) is 53.7 Å². The highest BCUT2D eigenvalue weighted by Crippen LogP contribution is 2.70. The lowest BCUT2D eigenvalue weighted by molar-refractivity contribution is -0.496. The van der Waals surface area contributed by atoms with Gasteiger partial charge in [-0.25, -0.2) is 13.2 Å². The molecular weight excluding hydrogens is 485 g/mol. The van der Waals surface area contributed by atoms with Gasteiger partial charge in [0.2, 0.25) is 0 Å². The van der Waals surface area contributed by atoms with E-state index in [0.29, 0.717) is 0 Å². The molecule has 0 heterocycles. The molecule has 0 amide bonds. The second-order valence-electron chi connectivity index (χ2n) is 5.08. The smallest absolute Gasteiger partial charge is 0.331 e. The van der Waals surface area contributed by atoms with Gasteiger partial charge in [0.25, 0.3) is 5.67 Å². The molecule has 0 radical (unpaired) electrons. The molecule has 0 aliphatic heterocycles. The summed E-state index contributed by atoms with van der Waals surface area (Å²) in [5.41, 5.74) is -28.2. The van der Waals surface area contributed by atoms with Gasteiger partial charge in [0.05, 0.1) is 0 Å². The van der Waals surface area contributed by atoms with Crippen LogP contribution in [0.2, 0.25) is 0 Å². The zero-order chi connectivity index (χ0) is 24.5. The third-order valence-electron chi connectivity index (χ3n) is 3.32. The summed E-state index contributed by atoms with van der Waals surface area (Å²) < 4.78 is 242. The van der Waals surface area contributed by atoms with E-state index < -0.39 is 53.7 Å². The molecule has 20 heteroatoms. The second-order valence-corrected chi connectivity index (χ2v) is 5.08. The molecule has 0 aromatic heterocycles. The van der Waals surface area contributed by atoms with Gasteiger partial charge in [-0.3, -0.25) is 0 Å². The predicted octanol–water partition coefficient (Wildman–Crippen LogP) is 5.58. The Morgan fingerprint density at radius 2 is 0.483 bits per heavy atom. The van der Waals surface area contributed by atoms with Crippen molar-refractivity contribution in [3.05, 3.63) is 0 Å². The first-order chi connectivity index (χ1) is 12.0. The van der Waals surface area contributed by atoms with Crippen molar-refractivity contribution in [3.8, 4) is 0 Å². The molecule has 0 aliphatic carbocycles. The molecule has 0 rings (SSSR count). The fourth-order valence-corrected chi connectivity index (χ4v) is 1.98. The summed E-state index contributed by atoms with van der Waals surface area (Å²) in [6.45, 7) is 0. The van der Waals surface area contributed by atoms with Crippen LogP contribution in [0.25, 0.3) is 0 Å². The zero-order valence-corrected chi connectivity index (χ0v) is 12.1. The van der Waals surface area contributed by atoms with Gasteiger partial charge < -0.3 is 5.11 Å². The molecule has 1 N–H and O–H groups in total. The maximum absolute atomic E-state index is 14.1. The van der Waals surface area contributed by atoms with Crippen LogP contribution in [0, 0.1) is 0 Å². The Hall–Kier alpha value is -1.37. The summed E-state index contributed by atoms with van der Waals surface area (Å²) in [6, 6.07) is 0. The standard InChI is InChI=1S/C9HF19O/c10-1(4(13,14)9(27,28)29,2(11,5(15,16)17)6(18,19)20)3(12,7(21,22)23)8(24,25)26/h29H. The summed E-state index contributed by atoms with van der Waals surface area (Å²) >= 11 is 0. The van der Waals surface area contributed by atoms with Crippen molar-refractivity contribution in [2.24, 2.45) is 0 Å². The van der Waals surface area contributed by atoms with Gasteiger partial charge in [0, 0.05) is 0 Å². The summed E-state index contributed by atoms with van der Waals surface area (Å²) in [5.74, 6) is -8.99. The summed E-state index contributed by atoms with van der Waals surface area (Å²) in [4.78, 5) is 0. The highest BCUT2D eigenvalue weighted by atomic mass is 19.4. The van der Waals surface area contributed by atoms with Crippen LogP contribution in [0.4, 0.5) is 83.4 Å². The van der Waals surface area contributed by atoms with E-state index in [9.17, 15) is 83.4 Å². The molecule has 0 aromatic rings. The molecule has 29 heavy (non-hydrogen) atoms. The number of rotatable bonds is 4. The Labute approximate surface area is 144 Å². The van der Waals surface area contributed by atoms with Crippen molar-refractivity contribution in [3.63, 3.8) is 0 Å². The Morgan fingerprint density at radius 3 is 0.586 bits per heavy atom. The van der Waals surface area contributed by atoms with E-state index in [0.717, 1.165) is 0 Å². The van der Waals surface area contributed by atoms with Crippen molar-refractivity contribution in [2.75, 3.05) is 0 Å². The number of hydrogen-bond acceptors (Lipinski definition) is 1. The molecule has 0 bridgehead atoms.